The normalized spacial score (nSPS) is 38.2. The summed E-state index contributed by atoms with van der Waals surface area (Å²) in [5.74, 6) is -0.529. The van der Waals surface area contributed by atoms with Gasteiger partial charge in [0, 0.05) is 6.04 Å². The van der Waals surface area contributed by atoms with Crippen molar-refractivity contribution in [1.29, 1.82) is 0 Å². The van der Waals surface area contributed by atoms with E-state index >= 15 is 0 Å². The van der Waals surface area contributed by atoms with Crippen LogP contribution in [0.25, 0.3) is 0 Å². The minimum atomic E-state index is -0.810. The molecule has 0 heterocycles. The van der Waals surface area contributed by atoms with Gasteiger partial charge in [0.1, 0.15) is 0 Å². The Bertz CT molecular complexity index is 369. The first kappa shape index (κ1) is 15.3. The van der Waals surface area contributed by atoms with E-state index in [9.17, 15) is 14.7 Å². The molecule has 0 radical (unpaired) electrons. The van der Waals surface area contributed by atoms with E-state index in [-0.39, 0.29) is 17.9 Å². The van der Waals surface area contributed by atoms with Gasteiger partial charge >= 0.3 is 5.97 Å². The number of carboxylic acids is 1. The molecule has 2 aliphatic rings. The molecule has 0 aromatic carbocycles. The summed E-state index contributed by atoms with van der Waals surface area (Å²) in [5.41, 5.74) is 0. The smallest absolute Gasteiger partial charge is 0.307 e. The molecule has 2 aliphatic carbocycles. The van der Waals surface area contributed by atoms with Crippen LogP contribution in [0.15, 0.2) is 0 Å². The lowest BCUT2D eigenvalue weighted by Crippen LogP contribution is -2.48. The first-order valence-corrected chi connectivity index (χ1v) is 8.04. The van der Waals surface area contributed by atoms with Gasteiger partial charge in [-0.25, -0.2) is 0 Å². The van der Waals surface area contributed by atoms with Gasteiger partial charge < -0.3 is 10.4 Å². The Labute approximate surface area is 121 Å². The predicted octanol–water partition coefficient (Wildman–Crippen LogP) is 2.82. The van der Waals surface area contributed by atoms with E-state index in [0.29, 0.717) is 18.3 Å². The van der Waals surface area contributed by atoms with E-state index in [0.717, 1.165) is 32.1 Å². The standard InChI is InChI=1S/C16H27NO3/c1-10-6-5-9-14(11(10)2)17-15(18)12-7-3-4-8-13(12)16(19)20/h10-14H,3-9H2,1-2H3,(H,17,18)(H,19,20). The van der Waals surface area contributed by atoms with E-state index in [1.54, 1.807) is 0 Å². The van der Waals surface area contributed by atoms with Gasteiger partial charge in [0.2, 0.25) is 5.91 Å². The number of hydrogen-bond acceptors (Lipinski definition) is 2. The van der Waals surface area contributed by atoms with Crippen LogP contribution in [0.1, 0.15) is 58.8 Å². The minimum Gasteiger partial charge on any atom is -0.481 e. The highest BCUT2D eigenvalue weighted by atomic mass is 16.4. The molecule has 4 nitrogen and oxygen atoms in total. The lowest BCUT2D eigenvalue weighted by molar-refractivity contribution is -0.149. The van der Waals surface area contributed by atoms with Crippen molar-refractivity contribution in [2.24, 2.45) is 23.7 Å². The molecular formula is C16H27NO3. The SMILES string of the molecule is CC1CCCC(NC(=O)C2CCCCC2C(=O)O)C1C. The Hall–Kier alpha value is -1.06. The fourth-order valence-corrected chi connectivity index (χ4v) is 3.82. The Morgan fingerprint density at radius 1 is 0.950 bits per heavy atom. The summed E-state index contributed by atoms with van der Waals surface area (Å²) in [5, 5.41) is 12.4. The second-order valence-corrected chi connectivity index (χ2v) is 6.72. The average molecular weight is 281 g/mol. The van der Waals surface area contributed by atoms with Crippen molar-refractivity contribution >= 4 is 11.9 Å². The molecule has 1 amide bonds. The molecule has 2 rings (SSSR count). The zero-order valence-electron chi connectivity index (χ0n) is 12.6. The summed E-state index contributed by atoms with van der Waals surface area (Å²) in [6, 6.07) is 0.225. The minimum absolute atomic E-state index is 0.0250. The molecule has 5 atom stereocenters. The van der Waals surface area contributed by atoms with Crippen LogP contribution >= 0.6 is 0 Å². The van der Waals surface area contributed by atoms with Crippen LogP contribution in [0.3, 0.4) is 0 Å². The molecule has 2 saturated carbocycles. The number of carbonyl (C=O) groups excluding carboxylic acids is 1. The van der Waals surface area contributed by atoms with Crippen LogP contribution < -0.4 is 5.32 Å². The molecule has 0 aromatic heterocycles. The van der Waals surface area contributed by atoms with Gasteiger partial charge in [-0.15, -0.1) is 0 Å². The maximum atomic E-state index is 12.5. The van der Waals surface area contributed by atoms with Crippen LogP contribution in [-0.2, 0) is 9.59 Å². The van der Waals surface area contributed by atoms with Crippen LogP contribution in [0, 0.1) is 23.7 Å². The third-order valence-electron chi connectivity index (χ3n) is 5.45. The predicted molar refractivity (Wildman–Crippen MR) is 77.2 cm³/mol. The van der Waals surface area contributed by atoms with Gasteiger partial charge in [0.05, 0.1) is 11.8 Å². The van der Waals surface area contributed by atoms with Crippen molar-refractivity contribution in [3.05, 3.63) is 0 Å². The highest BCUT2D eigenvalue weighted by Crippen LogP contribution is 2.33. The van der Waals surface area contributed by atoms with Gasteiger partial charge in [-0.2, -0.15) is 0 Å². The maximum absolute atomic E-state index is 12.5. The maximum Gasteiger partial charge on any atom is 0.307 e. The van der Waals surface area contributed by atoms with Crippen LogP contribution in [-0.4, -0.2) is 23.0 Å². The van der Waals surface area contributed by atoms with Gasteiger partial charge in [-0.1, -0.05) is 39.5 Å². The molecule has 0 spiro atoms. The Balaban J connectivity index is 1.97. The number of carbonyl (C=O) groups is 2. The molecule has 0 saturated heterocycles. The highest BCUT2D eigenvalue weighted by molar-refractivity contribution is 5.85. The van der Waals surface area contributed by atoms with Crippen molar-refractivity contribution in [2.45, 2.75) is 64.8 Å². The third-order valence-corrected chi connectivity index (χ3v) is 5.45. The third kappa shape index (κ3) is 3.33. The monoisotopic (exact) mass is 281 g/mol. The zero-order valence-corrected chi connectivity index (χ0v) is 12.6. The van der Waals surface area contributed by atoms with Crippen molar-refractivity contribution in [2.75, 3.05) is 0 Å². The molecular weight excluding hydrogens is 254 g/mol. The number of carboxylic acid groups (broad SMARTS) is 1. The molecule has 114 valence electrons. The Kier molecular flexibility index (Phi) is 5.06. The summed E-state index contributed by atoms with van der Waals surface area (Å²) in [7, 11) is 0. The molecule has 4 heteroatoms. The second-order valence-electron chi connectivity index (χ2n) is 6.72. The molecule has 0 bridgehead atoms. The van der Waals surface area contributed by atoms with Crippen molar-refractivity contribution < 1.29 is 14.7 Å². The van der Waals surface area contributed by atoms with E-state index in [2.05, 4.69) is 19.2 Å². The summed E-state index contributed by atoms with van der Waals surface area (Å²) in [6.45, 7) is 4.44. The largest absolute Gasteiger partial charge is 0.481 e. The topological polar surface area (TPSA) is 66.4 Å². The number of amides is 1. The fourth-order valence-electron chi connectivity index (χ4n) is 3.82. The second kappa shape index (κ2) is 6.59. The first-order chi connectivity index (χ1) is 9.50. The van der Waals surface area contributed by atoms with Crippen molar-refractivity contribution in [3.63, 3.8) is 0 Å². The van der Waals surface area contributed by atoms with E-state index in [1.165, 1.54) is 6.42 Å². The van der Waals surface area contributed by atoms with Gasteiger partial charge in [0.25, 0.3) is 0 Å². The van der Waals surface area contributed by atoms with Gasteiger partial charge in [-0.05, 0) is 31.1 Å². The first-order valence-electron chi connectivity index (χ1n) is 8.04. The van der Waals surface area contributed by atoms with Crippen molar-refractivity contribution in [1.82, 2.24) is 5.32 Å². The fraction of sp³-hybridized carbons (Fsp3) is 0.875. The van der Waals surface area contributed by atoms with Crippen molar-refractivity contribution in [3.8, 4) is 0 Å². The van der Waals surface area contributed by atoms with Crippen LogP contribution in [0.2, 0.25) is 0 Å². The number of rotatable bonds is 3. The summed E-state index contributed by atoms with van der Waals surface area (Å²) in [6.07, 6.45) is 6.68. The highest BCUT2D eigenvalue weighted by Gasteiger charge is 2.37. The number of aliphatic carboxylic acids is 1. The molecule has 0 aliphatic heterocycles. The van der Waals surface area contributed by atoms with Gasteiger partial charge in [-0.3, -0.25) is 9.59 Å². The molecule has 2 N–H and O–H groups in total. The lowest BCUT2D eigenvalue weighted by atomic mass is 9.76. The molecule has 20 heavy (non-hydrogen) atoms. The van der Waals surface area contributed by atoms with E-state index in [1.807, 2.05) is 0 Å². The summed E-state index contributed by atoms with van der Waals surface area (Å²) < 4.78 is 0. The van der Waals surface area contributed by atoms with Gasteiger partial charge in [0.15, 0.2) is 0 Å². The van der Waals surface area contributed by atoms with E-state index < -0.39 is 11.9 Å². The number of nitrogens with one attached hydrogen (secondary N) is 1. The zero-order chi connectivity index (χ0) is 14.7. The summed E-state index contributed by atoms with van der Waals surface area (Å²) in [4.78, 5) is 23.8. The van der Waals surface area contributed by atoms with E-state index in [4.69, 9.17) is 0 Å². The lowest BCUT2D eigenvalue weighted by Gasteiger charge is -2.36. The Morgan fingerprint density at radius 3 is 2.25 bits per heavy atom. The summed E-state index contributed by atoms with van der Waals surface area (Å²) >= 11 is 0. The quantitative estimate of drug-likeness (QED) is 0.836. The number of hydrogen-bond donors (Lipinski definition) is 2. The van der Waals surface area contributed by atoms with Crippen LogP contribution in [0.5, 0.6) is 0 Å². The average Bonchev–Trinajstić information content (AvgIpc) is 2.43. The van der Waals surface area contributed by atoms with Crippen LogP contribution in [0.4, 0.5) is 0 Å². The molecule has 0 aromatic rings. The molecule has 2 fully saturated rings. The molecule has 5 unspecified atom stereocenters. The Morgan fingerprint density at radius 2 is 1.60 bits per heavy atom.